The Bertz CT molecular complexity index is 981. The number of nitrogens with zero attached hydrogens (tertiary/aromatic N) is 2. The monoisotopic (exact) mass is 410 g/mol. The Morgan fingerprint density at radius 2 is 2.00 bits per heavy atom. The second-order valence-electron chi connectivity index (χ2n) is 6.36. The predicted octanol–water partition coefficient (Wildman–Crippen LogP) is 3.75. The molecule has 0 bridgehead atoms. The van der Waals surface area contributed by atoms with Crippen molar-refractivity contribution in [2.24, 2.45) is 4.99 Å². The Balaban J connectivity index is 1.64. The van der Waals surface area contributed by atoms with Crippen LogP contribution < -0.4 is 4.90 Å². The van der Waals surface area contributed by atoms with Gasteiger partial charge in [-0.25, -0.2) is 12.8 Å². The van der Waals surface area contributed by atoms with Crippen LogP contribution in [-0.2, 0) is 15.6 Å². The highest BCUT2D eigenvalue weighted by molar-refractivity contribution is 8.13. The molecule has 2 aliphatic rings. The van der Waals surface area contributed by atoms with Crippen molar-refractivity contribution >= 4 is 44.1 Å². The molecule has 4 nitrogen and oxygen atoms in total. The number of amidine groups is 1. The number of fused-ring (bicyclic) bond motifs is 1. The lowest BCUT2D eigenvalue weighted by atomic mass is 10.1. The maximum Gasteiger partial charge on any atom is 0.164 e. The number of thioether (sulfide) groups is 1. The molecule has 2 atom stereocenters. The fourth-order valence-corrected chi connectivity index (χ4v) is 6.45. The van der Waals surface area contributed by atoms with Crippen molar-refractivity contribution in [1.82, 2.24) is 0 Å². The zero-order valence-corrected chi connectivity index (χ0v) is 16.1. The fraction of sp³-hybridized carbons (Fsp3) is 0.278. The minimum absolute atomic E-state index is 0.00325. The number of benzene rings is 2. The maximum absolute atomic E-state index is 14.4. The SMILES string of the molecule is O=S1(=O)C[C@@H]2N=C(SCc3cccc(Cl)c3)N(c3ccccc3F)[C@H]2C1. The largest absolute Gasteiger partial charge is 0.312 e. The van der Waals surface area contributed by atoms with Gasteiger partial charge in [-0.05, 0) is 29.8 Å². The Labute approximate surface area is 161 Å². The van der Waals surface area contributed by atoms with Gasteiger partial charge in [-0.3, -0.25) is 4.99 Å². The number of halogens is 2. The van der Waals surface area contributed by atoms with Crippen molar-refractivity contribution in [2.45, 2.75) is 17.8 Å². The molecule has 0 unspecified atom stereocenters. The van der Waals surface area contributed by atoms with E-state index in [0.717, 1.165) is 5.56 Å². The molecule has 0 aromatic heterocycles. The van der Waals surface area contributed by atoms with Crippen LogP contribution in [0.2, 0.25) is 5.02 Å². The van der Waals surface area contributed by atoms with Crippen molar-refractivity contribution < 1.29 is 12.8 Å². The van der Waals surface area contributed by atoms with E-state index in [1.54, 1.807) is 23.1 Å². The number of anilines is 1. The summed E-state index contributed by atoms with van der Waals surface area (Å²) in [5.74, 6) is 0.255. The van der Waals surface area contributed by atoms with Crippen LogP contribution in [0.4, 0.5) is 10.1 Å². The summed E-state index contributed by atoms with van der Waals surface area (Å²) in [5.41, 5.74) is 1.40. The van der Waals surface area contributed by atoms with Gasteiger partial charge in [0.2, 0.25) is 0 Å². The Morgan fingerprint density at radius 3 is 2.77 bits per heavy atom. The van der Waals surface area contributed by atoms with Crippen molar-refractivity contribution in [2.75, 3.05) is 16.4 Å². The summed E-state index contributed by atoms with van der Waals surface area (Å²) < 4.78 is 38.4. The van der Waals surface area contributed by atoms with Gasteiger partial charge in [-0.1, -0.05) is 47.6 Å². The lowest BCUT2D eigenvalue weighted by Gasteiger charge is -2.26. The van der Waals surface area contributed by atoms with Crippen LogP contribution in [-0.4, -0.2) is 37.2 Å². The van der Waals surface area contributed by atoms with E-state index in [4.69, 9.17) is 11.6 Å². The molecule has 0 radical (unpaired) electrons. The average molecular weight is 411 g/mol. The highest BCUT2D eigenvalue weighted by atomic mass is 35.5. The van der Waals surface area contributed by atoms with Gasteiger partial charge in [0.1, 0.15) is 5.82 Å². The maximum atomic E-state index is 14.4. The van der Waals surface area contributed by atoms with Crippen LogP contribution in [0, 0.1) is 5.82 Å². The molecule has 0 saturated carbocycles. The molecule has 4 rings (SSSR count). The lowest BCUT2D eigenvalue weighted by molar-refractivity contribution is 0.600. The van der Waals surface area contributed by atoms with Gasteiger partial charge in [0, 0.05) is 10.8 Å². The second-order valence-corrected chi connectivity index (χ2v) is 9.90. The summed E-state index contributed by atoms with van der Waals surface area (Å²) in [6.07, 6.45) is 0. The quantitative estimate of drug-likeness (QED) is 0.773. The normalized spacial score (nSPS) is 23.8. The molecular weight excluding hydrogens is 395 g/mol. The van der Waals surface area contributed by atoms with Crippen molar-refractivity contribution in [3.8, 4) is 0 Å². The molecule has 2 aromatic rings. The van der Waals surface area contributed by atoms with Gasteiger partial charge in [-0.2, -0.15) is 0 Å². The molecule has 0 amide bonds. The van der Waals surface area contributed by atoms with E-state index in [-0.39, 0.29) is 29.4 Å². The van der Waals surface area contributed by atoms with Gasteiger partial charge in [0.15, 0.2) is 15.0 Å². The summed E-state index contributed by atoms with van der Waals surface area (Å²) in [4.78, 5) is 6.36. The van der Waals surface area contributed by atoms with E-state index < -0.39 is 9.84 Å². The zero-order chi connectivity index (χ0) is 18.3. The van der Waals surface area contributed by atoms with Gasteiger partial charge >= 0.3 is 0 Å². The summed E-state index contributed by atoms with van der Waals surface area (Å²) >= 11 is 7.50. The predicted molar refractivity (Wildman–Crippen MR) is 105 cm³/mol. The smallest absolute Gasteiger partial charge is 0.164 e. The van der Waals surface area contributed by atoms with Crippen LogP contribution in [0.3, 0.4) is 0 Å². The molecule has 8 heteroatoms. The van der Waals surface area contributed by atoms with Crippen LogP contribution in [0.5, 0.6) is 0 Å². The molecule has 0 spiro atoms. The summed E-state index contributed by atoms with van der Waals surface area (Å²) in [6, 6.07) is 13.2. The van der Waals surface area contributed by atoms with Gasteiger partial charge in [-0.15, -0.1) is 0 Å². The zero-order valence-electron chi connectivity index (χ0n) is 13.7. The molecule has 1 saturated heterocycles. The van der Waals surface area contributed by atoms with Crippen LogP contribution >= 0.6 is 23.4 Å². The standard InChI is InChI=1S/C18H16ClFN2O2S2/c19-13-5-3-4-12(8-13)9-25-18-21-15-10-26(23,24)11-17(15)22(18)16-7-2-1-6-14(16)20/h1-8,15,17H,9-11H2/t15-,17-/m0/s1. The first-order chi connectivity index (χ1) is 12.4. The van der Waals surface area contributed by atoms with Gasteiger partial charge in [0.05, 0.1) is 29.3 Å². The third-order valence-electron chi connectivity index (χ3n) is 4.48. The number of rotatable bonds is 3. The first kappa shape index (κ1) is 17.8. The molecule has 2 heterocycles. The van der Waals surface area contributed by atoms with Gasteiger partial charge < -0.3 is 4.90 Å². The van der Waals surface area contributed by atoms with Crippen molar-refractivity contribution in [1.29, 1.82) is 0 Å². The Morgan fingerprint density at radius 1 is 1.19 bits per heavy atom. The number of hydrogen-bond donors (Lipinski definition) is 0. The number of aliphatic imine (C=N–C) groups is 1. The molecule has 0 aliphatic carbocycles. The van der Waals surface area contributed by atoms with E-state index in [9.17, 15) is 12.8 Å². The number of para-hydroxylation sites is 1. The van der Waals surface area contributed by atoms with Crippen LogP contribution in [0.15, 0.2) is 53.5 Å². The average Bonchev–Trinajstić information content (AvgIpc) is 3.05. The summed E-state index contributed by atoms with van der Waals surface area (Å²) in [6.45, 7) is 0. The summed E-state index contributed by atoms with van der Waals surface area (Å²) in [7, 11) is -3.15. The molecule has 1 fully saturated rings. The summed E-state index contributed by atoms with van der Waals surface area (Å²) in [5, 5.41) is 1.31. The molecule has 26 heavy (non-hydrogen) atoms. The highest BCUT2D eigenvalue weighted by Crippen LogP contribution is 2.37. The highest BCUT2D eigenvalue weighted by Gasteiger charge is 2.47. The van der Waals surface area contributed by atoms with Crippen LogP contribution in [0.25, 0.3) is 0 Å². The fourth-order valence-electron chi connectivity index (χ4n) is 3.34. The van der Waals surface area contributed by atoms with Crippen molar-refractivity contribution in [3.63, 3.8) is 0 Å². The topological polar surface area (TPSA) is 49.7 Å². The Hall–Kier alpha value is -1.57. The molecule has 0 N–H and O–H groups in total. The first-order valence-electron chi connectivity index (χ1n) is 8.12. The lowest BCUT2D eigenvalue weighted by Crippen LogP contribution is -2.39. The van der Waals surface area contributed by atoms with E-state index in [1.165, 1.54) is 17.8 Å². The van der Waals surface area contributed by atoms with E-state index >= 15 is 0 Å². The third-order valence-corrected chi connectivity index (χ3v) is 7.45. The molecular formula is C18H16ClFN2O2S2. The third kappa shape index (κ3) is 3.48. The first-order valence-corrected chi connectivity index (χ1v) is 11.3. The second kappa shape index (κ2) is 6.87. The Kier molecular flexibility index (Phi) is 4.71. The van der Waals surface area contributed by atoms with E-state index in [0.29, 0.717) is 21.6 Å². The van der Waals surface area contributed by atoms with Gasteiger partial charge in [0.25, 0.3) is 0 Å². The molecule has 2 aromatic carbocycles. The number of hydrogen-bond acceptors (Lipinski definition) is 5. The number of sulfone groups is 1. The van der Waals surface area contributed by atoms with Crippen LogP contribution in [0.1, 0.15) is 5.56 Å². The van der Waals surface area contributed by atoms with Crippen molar-refractivity contribution in [3.05, 3.63) is 64.9 Å². The molecule has 136 valence electrons. The van der Waals surface area contributed by atoms with E-state index in [1.807, 2.05) is 24.3 Å². The van der Waals surface area contributed by atoms with E-state index in [2.05, 4.69) is 4.99 Å². The minimum Gasteiger partial charge on any atom is -0.312 e. The minimum atomic E-state index is -3.15. The molecule has 2 aliphatic heterocycles.